The van der Waals surface area contributed by atoms with E-state index in [4.69, 9.17) is 0 Å². The van der Waals surface area contributed by atoms with Crippen LogP contribution in [-0.4, -0.2) is 6.67 Å². The highest BCUT2D eigenvalue weighted by Gasteiger charge is 2.13. The highest BCUT2D eigenvalue weighted by Crippen LogP contribution is 2.27. The van der Waals surface area contributed by atoms with Crippen molar-refractivity contribution in [3.8, 4) is 0 Å². The Labute approximate surface area is 107 Å². The summed E-state index contributed by atoms with van der Waals surface area (Å²) in [7, 11) is 0. The van der Waals surface area contributed by atoms with Gasteiger partial charge in [-0.05, 0) is 30.6 Å². The lowest BCUT2D eigenvalue weighted by Crippen LogP contribution is -2.08. The summed E-state index contributed by atoms with van der Waals surface area (Å²) in [6.07, 6.45) is 13.3. The van der Waals surface area contributed by atoms with Gasteiger partial charge in [0.2, 0.25) is 0 Å². The van der Waals surface area contributed by atoms with E-state index in [1.54, 1.807) is 0 Å². The van der Waals surface area contributed by atoms with E-state index >= 15 is 0 Å². The van der Waals surface area contributed by atoms with Crippen LogP contribution in [0.3, 0.4) is 0 Å². The maximum absolute atomic E-state index is 12.1. The van der Waals surface area contributed by atoms with Gasteiger partial charge in [-0.1, -0.05) is 65.2 Å². The second-order valence-corrected chi connectivity index (χ2v) is 6.38. The smallest absolute Gasteiger partial charge is 0.0922 e. The third-order valence-corrected chi connectivity index (χ3v) is 4.50. The minimum absolute atomic E-state index is 0.0833. The average molecular weight is 242 g/mol. The Morgan fingerprint density at radius 2 is 1.12 bits per heavy atom. The number of alkyl halides is 1. The molecule has 0 spiro atoms. The molecule has 1 heteroatoms. The molecule has 2 rings (SSSR count). The monoisotopic (exact) mass is 242 g/mol. The fourth-order valence-electron chi connectivity index (χ4n) is 2.94. The van der Waals surface area contributed by atoms with E-state index in [-0.39, 0.29) is 6.67 Å². The lowest BCUT2D eigenvalue weighted by atomic mass is 9.84. The quantitative estimate of drug-likeness (QED) is 0.513. The van der Waals surface area contributed by atoms with Crippen molar-refractivity contribution in [2.75, 3.05) is 6.67 Å². The molecule has 2 aliphatic rings. The van der Waals surface area contributed by atoms with Gasteiger partial charge >= 0.3 is 0 Å². The summed E-state index contributed by atoms with van der Waals surface area (Å²) >= 11 is 0. The van der Waals surface area contributed by atoms with Gasteiger partial charge in [-0.15, -0.1) is 0 Å². The van der Waals surface area contributed by atoms with Crippen molar-refractivity contribution >= 4 is 0 Å². The van der Waals surface area contributed by atoms with Crippen LogP contribution in [0.2, 0.25) is 0 Å². The molecule has 0 N–H and O–H groups in total. The first kappa shape index (κ1) is 15.0. The molecule has 0 radical (unpaired) electrons. The zero-order chi connectivity index (χ0) is 12.5. The van der Waals surface area contributed by atoms with Crippen LogP contribution in [0.25, 0.3) is 0 Å². The molecule has 2 fully saturated rings. The average Bonchev–Trinajstić information content (AvgIpc) is 2.62. The molecule has 0 nitrogen and oxygen atoms in total. The maximum atomic E-state index is 12.1. The first-order chi connectivity index (χ1) is 8.22. The van der Waals surface area contributed by atoms with Gasteiger partial charge in [0.15, 0.2) is 0 Å². The van der Waals surface area contributed by atoms with E-state index in [2.05, 4.69) is 13.8 Å². The molecule has 0 aromatic rings. The number of rotatable bonds is 1. The molecule has 0 unspecified atom stereocenters. The van der Waals surface area contributed by atoms with Crippen molar-refractivity contribution in [2.45, 2.75) is 78.1 Å². The largest absolute Gasteiger partial charge is 0.251 e. The summed E-state index contributed by atoms with van der Waals surface area (Å²) in [5.74, 6) is 2.45. The van der Waals surface area contributed by atoms with Gasteiger partial charge in [-0.25, -0.2) is 0 Å². The lowest BCUT2D eigenvalue weighted by Gasteiger charge is -2.22. The summed E-state index contributed by atoms with van der Waals surface area (Å²) in [4.78, 5) is 0. The Morgan fingerprint density at radius 1 is 0.706 bits per heavy atom. The summed E-state index contributed by atoms with van der Waals surface area (Å²) in [5, 5.41) is 0. The number of hydrogen-bond acceptors (Lipinski definition) is 0. The van der Waals surface area contributed by atoms with Gasteiger partial charge < -0.3 is 0 Å². The Balaban J connectivity index is 0.000000171. The fourth-order valence-corrected chi connectivity index (χ4v) is 2.94. The van der Waals surface area contributed by atoms with E-state index in [1.807, 2.05) is 0 Å². The van der Waals surface area contributed by atoms with Crippen molar-refractivity contribution in [1.82, 2.24) is 0 Å². The molecule has 2 aliphatic carbocycles. The molecule has 0 aliphatic heterocycles. The molecule has 102 valence electrons. The SMILES string of the molecule is CC1CCC(C)CC1.FCC1CCCCCC1. The van der Waals surface area contributed by atoms with Crippen LogP contribution in [-0.2, 0) is 0 Å². The second-order valence-electron chi connectivity index (χ2n) is 6.38. The van der Waals surface area contributed by atoms with Crippen LogP contribution in [0, 0.1) is 17.8 Å². The van der Waals surface area contributed by atoms with Gasteiger partial charge in [0.25, 0.3) is 0 Å². The van der Waals surface area contributed by atoms with Crippen LogP contribution < -0.4 is 0 Å². The number of hydrogen-bond donors (Lipinski definition) is 0. The highest BCUT2D eigenvalue weighted by molar-refractivity contribution is 4.65. The van der Waals surface area contributed by atoms with Gasteiger partial charge in [0.1, 0.15) is 0 Å². The van der Waals surface area contributed by atoms with Crippen molar-refractivity contribution in [3.05, 3.63) is 0 Å². The first-order valence-electron chi connectivity index (χ1n) is 7.78. The summed E-state index contributed by atoms with van der Waals surface area (Å²) in [5.41, 5.74) is 0. The molecule has 2 saturated carbocycles. The van der Waals surface area contributed by atoms with Crippen molar-refractivity contribution < 1.29 is 4.39 Å². The van der Waals surface area contributed by atoms with Crippen LogP contribution in [0.4, 0.5) is 4.39 Å². The van der Waals surface area contributed by atoms with Gasteiger partial charge in [-0.2, -0.15) is 0 Å². The highest BCUT2D eigenvalue weighted by atomic mass is 19.1. The normalized spacial score (nSPS) is 31.2. The van der Waals surface area contributed by atoms with E-state index in [9.17, 15) is 4.39 Å². The zero-order valence-electron chi connectivity index (χ0n) is 11.9. The first-order valence-corrected chi connectivity index (χ1v) is 7.78. The molecule has 0 atom stereocenters. The van der Waals surface area contributed by atoms with E-state index < -0.39 is 0 Å². The molecule has 0 aromatic heterocycles. The second kappa shape index (κ2) is 8.94. The lowest BCUT2D eigenvalue weighted by molar-refractivity contribution is 0.308. The topological polar surface area (TPSA) is 0 Å². The molecular formula is C16H31F. The molecular weight excluding hydrogens is 211 g/mol. The van der Waals surface area contributed by atoms with Crippen LogP contribution in [0.5, 0.6) is 0 Å². The fraction of sp³-hybridized carbons (Fsp3) is 1.00. The summed E-state index contributed by atoms with van der Waals surface area (Å²) in [6, 6.07) is 0. The molecule has 0 bridgehead atoms. The zero-order valence-corrected chi connectivity index (χ0v) is 11.9. The predicted octanol–water partition coefficient (Wildman–Crippen LogP) is 5.76. The number of halogens is 1. The van der Waals surface area contributed by atoms with Gasteiger partial charge in [-0.3, -0.25) is 4.39 Å². The van der Waals surface area contributed by atoms with Crippen molar-refractivity contribution in [2.24, 2.45) is 17.8 Å². The Kier molecular flexibility index (Phi) is 7.88. The Morgan fingerprint density at radius 3 is 1.47 bits per heavy atom. The van der Waals surface area contributed by atoms with Crippen molar-refractivity contribution in [3.63, 3.8) is 0 Å². The Hall–Kier alpha value is -0.0700. The van der Waals surface area contributed by atoms with E-state index in [0.717, 1.165) is 24.7 Å². The molecule has 17 heavy (non-hydrogen) atoms. The standard InChI is InChI=1S/C8H15F.C8H16/c9-7-8-5-3-1-2-4-6-8;1-7-3-5-8(2)6-4-7/h8H,1-7H2;7-8H,3-6H2,1-2H3. The summed E-state index contributed by atoms with van der Waals surface area (Å²) < 4.78 is 12.1. The van der Waals surface area contributed by atoms with Crippen LogP contribution in [0.1, 0.15) is 78.1 Å². The van der Waals surface area contributed by atoms with E-state index in [0.29, 0.717) is 5.92 Å². The van der Waals surface area contributed by atoms with E-state index in [1.165, 1.54) is 51.4 Å². The van der Waals surface area contributed by atoms with Crippen LogP contribution >= 0.6 is 0 Å². The molecule has 0 saturated heterocycles. The third-order valence-electron chi connectivity index (χ3n) is 4.50. The van der Waals surface area contributed by atoms with Gasteiger partial charge in [0, 0.05) is 0 Å². The minimum atomic E-state index is -0.0833. The molecule has 0 amide bonds. The minimum Gasteiger partial charge on any atom is -0.251 e. The maximum Gasteiger partial charge on any atom is 0.0922 e. The third kappa shape index (κ3) is 7.06. The van der Waals surface area contributed by atoms with Gasteiger partial charge in [0.05, 0.1) is 6.67 Å². The van der Waals surface area contributed by atoms with Crippen LogP contribution in [0.15, 0.2) is 0 Å². The molecule has 0 aromatic carbocycles. The predicted molar refractivity (Wildman–Crippen MR) is 74.0 cm³/mol. The summed E-state index contributed by atoms with van der Waals surface area (Å²) in [6.45, 7) is 4.65. The van der Waals surface area contributed by atoms with Crippen molar-refractivity contribution in [1.29, 1.82) is 0 Å². The molecule has 0 heterocycles. The Bertz CT molecular complexity index is 152.